The molecule has 1 aliphatic carbocycles. The minimum Gasteiger partial charge on any atom is -0.387 e. The van der Waals surface area contributed by atoms with Crippen LogP contribution in [0.15, 0.2) is 48.5 Å². The zero-order chi connectivity index (χ0) is 22.3. The van der Waals surface area contributed by atoms with Crippen LogP contribution in [0.2, 0.25) is 0 Å². The van der Waals surface area contributed by atoms with Crippen LogP contribution in [0.4, 0.5) is 0 Å². The second kappa shape index (κ2) is 6.41. The Bertz CT molecular complexity index is 1400. The number of rotatable bonds is 2. The van der Waals surface area contributed by atoms with E-state index in [0.717, 1.165) is 16.4 Å². The first kappa shape index (κ1) is 18.8. The number of benzene rings is 2. The first-order valence-electron chi connectivity index (χ1n) is 11.2. The summed E-state index contributed by atoms with van der Waals surface area (Å²) in [6.07, 6.45) is 0. The standard InChI is InChI=1S/C24H22N6O3/c31-22(14-5-6-19-20(8-14)27-28-26-19)29-9-15-16(10-29)24(33)12-30(11-17(15)24)23(32)21-7-13-3-1-2-4-18(13)25-21/h1-8,15-17,25,33H,9-12H2,(H,26,27,28)/t15-,16+,17?,24?/m0/s1. The molecule has 4 aromatic rings. The van der Waals surface area contributed by atoms with Crippen molar-refractivity contribution in [3.63, 3.8) is 0 Å². The molecule has 2 aliphatic heterocycles. The van der Waals surface area contributed by atoms with Crippen LogP contribution in [0.1, 0.15) is 20.8 Å². The molecule has 0 radical (unpaired) electrons. The van der Waals surface area contributed by atoms with Crippen LogP contribution < -0.4 is 0 Å². The number of H-pyrrole nitrogens is 2. The van der Waals surface area contributed by atoms with E-state index in [2.05, 4.69) is 20.4 Å². The second-order valence-corrected chi connectivity index (χ2v) is 9.58. The minimum atomic E-state index is -0.933. The average molecular weight is 442 g/mol. The van der Waals surface area contributed by atoms with E-state index in [0.29, 0.717) is 43.0 Å². The molecule has 0 spiro atoms. The summed E-state index contributed by atoms with van der Waals surface area (Å²) < 4.78 is 0. The molecule has 0 bridgehead atoms. The SMILES string of the molecule is O=C(c1ccc2[nH]nnc2c1)N1C[C@@H]2C3CN(C(=O)c4cc5ccccc5[nH]4)CC3(O)[C@@H]2C1. The number of amides is 2. The lowest BCUT2D eigenvalue weighted by Crippen LogP contribution is -2.61. The summed E-state index contributed by atoms with van der Waals surface area (Å²) in [5, 5.41) is 23.0. The van der Waals surface area contributed by atoms with Gasteiger partial charge in [-0.1, -0.05) is 23.4 Å². The van der Waals surface area contributed by atoms with Gasteiger partial charge < -0.3 is 19.9 Å². The topological polar surface area (TPSA) is 118 Å². The van der Waals surface area contributed by atoms with Crippen molar-refractivity contribution in [1.29, 1.82) is 0 Å². The molecule has 4 heterocycles. The number of hydrogen-bond acceptors (Lipinski definition) is 5. The van der Waals surface area contributed by atoms with Crippen LogP contribution in [0, 0.1) is 17.8 Å². The van der Waals surface area contributed by atoms with E-state index in [4.69, 9.17) is 0 Å². The largest absolute Gasteiger partial charge is 0.387 e. The summed E-state index contributed by atoms with van der Waals surface area (Å²) in [4.78, 5) is 33.1. The highest BCUT2D eigenvalue weighted by molar-refractivity contribution is 5.99. The highest BCUT2D eigenvalue weighted by Crippen LogP contribution is 2.57. The summed E-state index contributed by atoms with van der Waals surface area (Å²) in [6, 6.07) is 15.0. The summed E-state index contributed by atoms with van der Waals surface area (Å²) in [6.45, 7) is 1.92. The molecule has 9 heteroatoms. The average Bonchev–Trinajstić information content (AvgIpc) is 3.60. The van der Waals surface area contributed by atoms with Gasteiger partial charge in [-0.05, 0) is 36.2 Å². The predicted octanol–water partition coefficient (Wildman–Crippen LogP) is 1.64. The summed E-state index contributed by atoms with van der Waals surface area (Å²) in [7, 11) is 0. The third kappa shape index (κ3) is 2.56. The number of para-hydroxylation sites is 1. The van der Waals surface area contributed by atoms with Gasteiger partial charge in [0, 0.05) is 47.9 Å². The number of nitrogens with one attached hydrogen (secondary N) is 2. The zero-order valence-corrected chi connectivity index (χ0v) is 17.7. The second-order valence-electron chi connectivity index (χ2n) is 9.58. The van der Waals surface area contributed by atoms with E-state index in [9.17, 15) is 14.7 Å². The monoisotopic (exact) mass is 442 g/mol. The van der Waals surface area contributed by atoms with Crippen LogP contribution in [-0.2, 0) is 0 Å². The van der Waals surface area contributed by atoms with Crippen molar-refractivity contribution in [1.82, 2.24) is 30.2 Å². The number of carbonyl (C=O) groups excluding carboxylic acids is 2. The number of aromatic nitrogens is 4. The molecular formula is C24H22N6O3. The molecule has 166 valence electrons. The number of fused-ring (bicyclic) bond motifs is 6. The van der Waals surface area contributed by atoms with E-state index >= 15 is 0 Å². The van der Waals surface area contributed by atoms with Crippen molar-refractivity contribution in [3.8, 4) is 0 Å². The molecular weight excluding hydrogens is 420 g/mol. The zero-order valence-electron chi connectivity index (χ0n) is 17.7. The van der Waals surface area contributed by atoms with Gasteiger partial charge >= 0.3 is 0 Å². The third-order valence-corrected chi connectivity index (χ3v) is 7.94. The third-order valence-electron chi connectivity index (χ3n) is 7.94. The Hall–Kier alpha value is -3.72. The Morgan fingerprint density at radius 2 is 1.79 bits per heavy atom. The fourth-order valence-corrected chi connectivity index (χ4v) is 6.27. The first-order valence-corrected chi connectivity index (χ1v) is 11.2. The van der Waals surface area contributed by atoms with Crippen LogP contribution >= 0.6 is 0 Å². The quantitative estimate of drug-likeness (QED) is 0.436. The molecule has 2 amide bonds. The van der Waals surface area contributed by atoms with Crippen LogP contribution in [-0.4, -0.2) is 78.9 Å². The summed E-state index contributed by atoms with van der Waals surface area (Å²) in [5.74, 6) is 0.0487. The molecule has 33 heavy (non-hydrogen) atoms. The van der Waals surface area contributed by atoms with Crippen molar-refractivity contribution in [3.05, 3.63) is 59.8 Å². The molecule has 1 saturated carbocycles. The summed E-state index contributed by atoms with van der Waals surface area (Å²) in [5.41, 5.74) is 2.56. The molecule has 4 atom stereocenters. The number of hydrogen-bond donors (Lipinski definition) is 3. The number of nitrogens with zero attached hydrogens (tertiary/aromatic N) is 4. The minimum absolute atomic E-state index is 0.00773. The Labute approximate surface area is 188 Å². The molecule has 2 aromatic heterocycles. The Morgan fingerprint density at radius 3 is 2.64 bits per heavy atom. The van der Waals surface area contributed by atoms with Gasteiger partial charge in [0.25, 0.3) is 11.8 Å². The smallest absolute Gasteiger partial charge is 0.270 e. The van der Waals surface area contributed by atoms with E-state index in [1.54, 1.807) is 17.0 Å². The van der Waals surface area contributed by atoms with Crippen molar-refractivity contribution in [2.24, 2.45) is 17.8 Å². The highest BCUT2D eigenvalue weighted by atomic mass is 16.3. The fraction of sp³-hybridized carbons (Fsp3) is 0.333. The first-order chi connectivity index (χ1) is 16.0. The number of carbonyl (C=O) groups is 2. The Morgan fingerprint density at radius 1 is 0.970 bits per heavy atom. The number of aromatic amines is 2. The van der Waals surface area contributed by atoms with Gasteiger partial charge in [0.1, 0.15) is 11.2 Å². The van der Waals surface area contributed by atoms with E-state index < -0.39 is 5.60 Å². The predicted molar refractivity (Wildman–Crippen MR) is 119 cm³/mol. The molecule has 2 saturated heterocycles. The molecule has 2 aromatic carbocycles. The van der Waals surface area contributed by atoms with Crippen LogP contribution in [0.25, 0.3) is 21.9 Å². The van der Waals surface area contributed by atoms with Gasteiger partial charge in [0.05, 0.1) is 17.7 Å². The number of β-amino-alcohol motifs (C(OH)–C–C–N with tert-alkyl or cyclic N) is 1. The molecule has 3 N–H and O–H groups in total. The van der Waals surface area contributed by atoms with Gasteiger partial charge in [-0.2, -0.15) is 0 Å². The van der Waals surface area contributed by atoms with Crippen molar-refractivity contribution < 1.29 is 14.7 Å². The highest BCUT2D eigenvalue weighted by Gasteiger charge is 2.68. The maximum absolute atomic E-state index is 13.1. The number of likely N-dealkylation sites (tertiary alicyclic amines) is 2. The van der Waals surface area contributed by atoms with Crippen molar-refractivity contribution >= 4 is 33.8 Å². The van der Waals surface area contributed by atoms with Crippen molar-refractivity contribution in [2.75, 3.05) is 26.2 Å². The molecule has 9 nitrogen and oxygen atoms in total. The van der Waals surface area contributed by atoms with Gasteiger partial charge in [-0.15, -0.1) is 5.10 Å². The normalized spacial score (nSPS) is 28.2. The fourth-order valence-electron chi connectivity index (χ4n) is 6.27. The van der Waals surface area contributed by atoms with Crippen LogP contribution in [0.3, 0.4) is 0 Å². The molecule has 3 aliphatic rings. The Kier molecular flexibility index (Phi) is 3.66. The number of aliphatic hydroxyl groups is 1. The van der Waals surface area contributed by atoms with Gasteiger partial charge in [0.15, 0.2) is 0 Å². The molecule has 2 unspecified atom stereocenters. The maximum atomic E-state index is 13.1. The maximum Gasteiger partial charge on any atom is 0.270 e. The van der Waals surface area contributed by atoms with Gasteiger partial charge in [-0.3, -0.25) is 14.7 Å². The lowest BCUT2D eigenvalue weighted by molar-refractivity contribution is -0.145. The Balaban J connectivity index is 1.08. The summed E-state index contributed by atoms with van der Waals surface area (Å²) >= 11 is 0. The van der Waals surface area contributed by atoms with Gasteiger partial charge in [-0.25, -0.2) is 0 Å². The van der Waals surface area contributed by atoms with Crippen molar-refractivity contribution in [2.45, 2.75) is 5.60 Å². The van der Waals surface area contributed by atoms with E-state index in [1.165, 1.54) is 0 Å². The van der Waals surface area contributed by atoms with Crippen LogP contribution in [0.5, 0.6) is 0 Å². The van der Waals surface area contributed by atoms with Gasteiger partial charge in [0.2, 0.25) is 0 Å². The lowest BCUT2D eigenvalue weighted by atomic mass is 9.56. The van der Waals surface area contributed by atoms with E-state index in [1.807, 2.05) is 41.3 Å². The molecule has 3 fully saturated rings. The lowest BCUT2D eigenvalue weighted by Gasteiger charge is -2.50. The molecule has 7 rings (SSSR count). The van der Waals surface area contributed by atoms with E-state index in [-0.39, 0.29) is 29.6 Å².